The number of carbonyl (C=O) groups is 1. The maximum Gasteiger partial charge on any atom is 0.225 e. The number of aromatic nitrogens is 2. The standard InChI is InChI=1S/C13H22N4O/c1-2-4-11-8-12(17-16-11)15-13(18)7-10-5-3-6-14-9-10/h8,10,14H,2-7,9H2,1H3,(H2,15,16,17,18). The Morgan fingerprint density at radius 1 is 1.61 bits per heavy atom. The SMILES string of the molecule is CCCc1cc(NC(=O)CC2CCCNC2)n[nH]1. The van der Waals surface area contributed by atoms with Crippen molar-refractivity contribution in [1.82, 2.24) is 15.5 Å². The molecule has 2 heterocycles. The van der Waals surface area contributed by atoms with Crippen LogP contribution < -0.4 is 10.6 Å². The van der Waals surface area contributed by atoms with Crippen molar-refractivity contribution in [2.24, 2.45) is 5.92 Å². The molecule has 1 aliphatic rings. The molecule has 1 aromatic rings. The second kappa shape index (κ2) is 6.54. The molecule has 0 saturated carbocycles. The van der Waals surface area contributed by atoms with Crippen molar-refractivity contribution < 1.29 is 4.79 Å². The molecule has 2 rings (SSSR count). The second-order valence-electron chi connectivity index (χ2n) is 4.99. The summed E-state index contributed by atoms with van der Waals surface area (Å²) in [5.74, 6) is 1.18. The number of hydrogen-bond donors (Lipinski definition) is 3. The van der Waals surface area contributed by atoms with E-state index in [-0.39, 0.29) is 5.91 Å². The highest BCUT2D eigenvalue weighted by molar-refractivity contribution is 5.89. The van der Waals surface area contributed by atoms with Crippen molar-refractivity contribution in [1.29, 1.82) is 0 Å². The topological polar surface area (TPSA) is 69.8 Å². The summed E-state index contributed by atoms with van der Waals surface area (Å²) in [6.07, 6.45) is 4.94. The number of nitrogens with zero attached hydrogens (tertiary/aromatic N) is 1. The van der Waals surface area contributed by atoms with Gasteiger partial charge in [-0.25, -0.2) is 0 Å². The zero-order chi connectivity index (χ0) is 12.8. The summed E-state index contributed by atoms with van der Waals surface area (Å²) >= 11 is 0. The second-order valence-corrected chi connectivity index (χ2v) is 4.99. The first-order valence-corrected chi connectivity index (χ1v) is 6.82. The summed E-state index contributed by atoms with van der Waals surface area (Å²) in [7, 11) is 0. The maximum absolute atomic E-state index is 11.9. The van der Waals surface area contributed by atoms with Crippen molar-refractivity contribution in [3.8, 4) is 0 Å². The fourth-order valence-corrected chi connectivity index (χ4v) is 2.38. The number of piperidine rings is 1. The Kier molecular flexibility index (Phi) is 4.75. The van der Waals surface area contributed by atoms with E-state index in [0.717, 1.165) is 38.0 Å². The van der Waals surface area contributed by atoms with Crippen molar-refractivity contribution in [3.63, 3.8) is 0 Å². The van der Waals surface area contributed by atoms with Gasteiger partial charge >= 0.3 is 0 Å². The number of H-pyrrole nitrogens is 1. The molecule has 5 nitrogen and oxygen atoms in total. The fourth-order valence-electron chi connectivity index (χ4n) is 2.38. The van der Waals surface area contributed by atoms with Crippen LogP contribution in [0.2, 0.25) is 0 Å². The lowest BCUT2D eigenvalue weighted by molar-refractivity contribution is -0.117. The van der Waals surface area contributed by atoms with Crippen molar-refractivity contribution >= 4 is 11.7 Å². The normalized spacial score (nSPS) is 19.7. The minimum absolute atomic E-state index is 0.0678. The lowest BCUT2D eigenvalue weighted by Crippen LogP contribution is -2.32. The molecule has 1 atom stereocenters. The van der Waals surface area contributed by atoms with Gasteiger partial charge in [0.15, 0.2) is 5.82 Å². The number of aryl methyl sites for hydroxylation is 1. The summed E-state index contributed by atoms with van der Waals surface area (Å²) in [5, 5.41) is 13.2. The van der Waals surface area contributed by atoms with E-state index in [4.69, 9.17) is 0 Å². The maximum atomic E-state index is 11.9. The molecular formula is C13H22N4O. The van der Waals surface area contributed by atoms with E-state index < -0.39 is 0 Å². The summed E-state index contributed by atoms with van der Waals surface area (Å²) in [4.78, 5) is 11.9. The molecule has 3 N–H and O–H groups in total. The molecule has 0 aliphatic carbocycles. The minimum Gasteiger partial charge on any atom is -0.316 e. The quantitative estimate of drug-likeness (QED) is 0.745. The number of amides is 1. The predicted octanol–water partition coefficient (Wildman–Crippen LogP) is 1.69. The van der Waals surface area contributed by atoms with Crippen molar-refractivity contribution in [2.75, 3.05) is 18.4 Å². The molecule has 5 heteroatoms. The summed E-state index contributed by atoms with van der Waals surface area (Å²) in [5.41, 5.74) is 1.08. The Labute approximate surface area is 108 Å². The van der Waals surface area contributed by atoms with Gasteiger partial charge in [-0.3, -0.25) is 9.89 Å². The van der Waals surface area contributed by atoms with Crippen LogP contribution in [0.3, 0.4) is 0 Å². The molecule has 0 aromatic carbocycles. The molecule has 1 unspecified atom stereocenters. The number of hydrogen-bond acceptors (Lipinski definition) is 3. The molecule has 100 valence electrons. The first-order chi connectivity index (χ1) is 8.78. The monoisotopic (exact) mass is 250 g/mol. The Bertz CT molecular complexity index is 382. The van der Waals surface area contributed by atoms with Crippen LogP contribution in [0.25, 0.3) is 0 Å². The van der Waals surface area contributed by atoms with Crippen LogP contribution in [0, 0.1) is 5.92 Å². The third-order valence-electron chi connectivity index (χ3n) is 3.29. The van der Waals surface area contributed by atoms with Gasteiger partial charge in [0.25, 0.3) is 0 Å². The van der Waals surface area contributed by atoms with Gasteiger partial charge < -0.3 is 10.6 Å². The first kappa shape index (κ1) is 13.1. The van der Waals surface area contributed by atoms with Gasteiger partial charge in [0.1, 0.15) is 0 Å². The molecule has 18 heavy (non-hydrogen) atoms. The summed E-state index contributed by atoms with van der Waals surface area (Å²) < 4.78 is 0. The molecule has 1 aliphatic heterocycles. The van der Waals surface area contributed by atoms with E-state index in [0.29, 0.717) is 18.2 Å². The van der Waals surface area contributed by atoms with E-state index in [2.05, 4.69) is 27.8 Å². The zero-order valence-corrected chi connectivity index (χ0v) is 11.0. The van der Waals surface area contributed by atoms with Crippen molar-refractivity contribution in [2.45, 2.75) is 39.0 Å². The minimum atomic E-state index is 0.0678. The van der Waals surface area contributed by atoms with Crippen LogP contribution >= 0.6 is 0 Å². The van der Waals surface area contributed by atoms with E-state index in [9.17, 15) is 4.79 Å². The Hall–Kier alpha value is -1.36. The van der Waals surface area contributed by atoms with E-state index in [1.165, 1.54) is 6.42 Å². The fraction of sp³-hybridized carbons (Fsp3) is 0.692. The van der Waals surface area contributed by atoms with Gasteiger partial charge in [0.2, 0.25) is 5.91 Å². The highest BCUT2D eigenvalue weighted by Crippen LogP contribution is 2.15. The smallest absolute Gasteiger partial charge is 0.225 e. The van der Waals surface area contributed by atoms with Crippen LogP contribution in [0.4, 0.5) is 5.82 Å². The van der Waals surface area contributed by atoms with Gasteiger partial charge in [-0.15, -0.1) is 0 Å². The average molecular weight is 250 g/mol. The third kappa shape index (κ3) is 3.84. The zero-order valence-electron chi connectivity index (χ0n) is 11.0. The average Bonchev–Trinajstić information content (AvgIpc) is 2.78. The third-order valence-corrected chi connectivity index (χ3v) is 3.29. The Morgan fingerprint density at radius 2 is 2.50 bits per heavy atom. The lowest BCUT2D eigenvalue weighted by atomic mass is 9.96. The molecule has 1 aromatic heterocycles. The lowest BCUT2D eigenvalue weighted by Gasteiger charge is -2.21. The highest BCUT2D eigenvalue weighted by atomic mass is 16.1. The van der Waals surface area contributed by atoms with Crippen LogP contribution in [-0.2, 0) is 11.2 Å². The van der Waals surface area contributed by atoms with Crippen LogP contribution in [-0.4, -0.2) is 29.2 Å². The number of rotatable bonds is 5. The largest absolute Gasteiger partial charge is 0.316 e. The van der Waals surface area contributed by atoms with Crippen molar-refractivity contribution in [3.05, 3.63) is 11.8 Å². The number of anilines is 1. The molecule has 0 radical (unpaired) electrons. The molecular weight excluding hydrogens is 228 g/mol. The first-order valence-electron chi connectivity index (χ1n) is 6.82. The highest BCUT2D eigenvalue weighted by Gasteiger charge is 2.17. The van der Waals surface area contributed by atoms with Crippen LogP contribution in [0.5, 0.6) is 0 Å². The van der Waals surface area contributed by atoms with Gasteiger partial charge in [0, 0.05) is 18.2 Å². The number of aromatic amines is 1. The molecule has 0 spiro atoms. The molecule has 1 amide bonds. The molecule has 1 fully saturated rings. The van der Waals surface area contributed by atoms with Crippen LogP contribution in [0.1, 0.15) is 38.3 Å². The van der Waals surface area contributed by atoms with E-state index in [1.54, 1.807) is 0 Å². The number of carbonyl (C=O) groups excluding carboxylic acids is 1. The van der Waals surface area contributed by atoms with Gasteiger partial charge in [-0.2, -0.15) is 5.10 Å². The molecule has 0 bridgehead atoms. The molecule has 1 saturated heterocycles. The van der Waals surface area contributed by atoms with Crippen LogP contribution in [0.15, 0.2) is 6.07 Å². The Morgan fingerprint density at radius 3 is 3.22 bits per heavy atom. The van der Waals surface area contributed by atoms with Gasteiger partial charge in [0.05, 0.1) is 0 Å². The Balaban J connectivity index is 1.78. The number of nitrogens with one attached hydrogen (secondary N) is 3. The van der Waals surface area contributed by atoms with E-state index >= 15 is 0 Å². The van der Waals surface area contributed by atoms with E-state index in [1.807, 2.05) is 6.07 Å². The van der Waals surface area contributed by atoms with Gasteiger partial charge in [-0.1, -0.05) is 13.3 Å². The summed E-state index contributed by atoms with van der Waals surface area (Å²) in [6, 6.07) is 1.92. The predicted molar refractivity (Wildman–Crippen MR) is 71.4 cm³/mol. The summed E-state index contributed by atoms with van der Waals surface area (Å²) in [6.45, 7) is 4.15. The van der Waals surface area contributed by atoms with Gasteiger partial charge in [-0.05, 0) is 38.3 Å².